The molecule has 1 unspecified atom stereocenters. The van der Waals surface area contributed by atoms with E-state index in [2.05, 4.69) is 10.1 Å². The topological polar surface area (TPSA) is 55.4 Å². The van der Waals surface area contributed by atoms with E-state index in [1.165, 1.54) is 7.11 Å². The molecule has 0 aliphatic rings. The average molecular weight is 303 g/mol. The molecular formula is C16H17NO3S. The zero-order valence-corrected chi connectivity index (χ0v) is 12.5. The molecule has 0 radical (unpaired) electrons. The monoisotopic (exact) mass is 303 g/mol. The van der Waals surface area contributed by atoms with Gasteiger partial charge in [0, 0.05) is 4.90 Å². The van der Waals surface area contributed by atoms with Crippen LogP contribution in [0.25, 0.3) is 0 Å². The van der Waals surface area contributed by atoms with Crippen molar-refractivity contribution in [2.24, 2.45) is 0 Å². The van der Waals surface area contributed by atoms with E-state index < -0.39 is 16.9 Å². The van der Waals surface area contributed by atoms with Gasteiger partial charge < -0.3 is 10.1 Å². The number of carbonyl (C=O) groups excluding carboxylic acids is 1. The lowest BCUT2D eigenvalue weighted by Crippen LogP contribution is -2.31. The van der Waals surface area contributed by atoms with Gasteiger partial charge in [-0.3, -0.25) is 4.21 Å². The second-order valence-corrected chi connectivity index (χ2v) is 5.92. The Balaban J connectivity index is 2.16. The van der Waals surface area contributed by atoms with Gasteiger partial charge in [-0.25, -0.2) is 4.79 Å². The van der Waals surface area contributed by atoms with E-state index in [1.807, 2.05) is 60.7 Å². The van der Waals surface area contributed by atoms with Crippen LogP contribution in [0.3, 0.4) is 0 Å². The summed E-state index contributed by atoms with van der Waals surface area (Å²) in [5.41, 5.74) is 0.896. The molecule has 1 N–H and O–H groups in total. The summed E-state index contributed by atoms with van der Waals surface area (Å²) in [6, 6.07) is 18.3. The maximum absolute atomic E-state index is 12.4. The van der Waals surface area contributed by atoms with Crippen LogP contribution in [0.2, 0.25) is 0 Å². The Labute approximate surface area is 126 Å². The molecule has 0 aliphatic carbocycles. The third-order valence-electron chi connectivity index (χ3n) is 3.00. The van der Waals surface area contributed by atoms with Gasteiger partial charge >= 0.3 is 6.09 Å². The number of carbonyl (C=O) groups is 1. The van der Waals surface area contributed by atoms with Gasteiger partial charge in [-0.1, -0.05) is 48.5 Å². The van der Waals surface area contributed by atoms with E-state index >= 15 is 0 Å². The lowest BCUT2D eigenvalue weighted by atomic mass is 10.1. The Kier molecular flexibility index (Phi) is 5.51. The van der Waals surface area contributed by atoms with E-state index in [9.17, 15) is 9.00 Å². The van der Waals surface area contributed by atoms with Gasteiger partial charge in [0.05, 0.1) is 29.7 Å². The number of methoxy groups -OCH3 is 1. The maximum atomic E-state index is 12.4. The molecule has 0 saturated carbocycles. The quantitative estimate of drug-likeness (QED) is 0.924. The molecule has 0 heterocycles. The minimum absolute atomic E-state index is 0.295. The van der Waals surface area contributed by atoms with E-state index in [4.69, 9.17) is 0 Å². The zero-order valence-electron chi connectivity index (χ0n) is 11.7. The number of alkyl carbamates (subject to hydrolysis) is 1. The number of nitrogens with one attached hydrogen (secondary N) is 1. The highest BCUT2D eigenvalue weighted by Crippen LogP contribution is 2.17. The fourth-order valence-electron chi connectivity index (χ4n) is 1.93. The number of rotatable bonds is 5. The molecule has 2 atom stereocenters. The SMILES string of the molecule is COC(=O)N[C@@H](CS(=O)c1ccccc1)c1ccccc1. The van der Waals surface area contributed by atoms with Crippen LogP contribution in [-0.4, -0.2) is 23.2 Å². The van der Waals surface area contributed by atoms with Crippen molar-refractivity contribution in [1.29, 1.82) is 0 Å². The lowest BCUT2D eigenvalue weighted by molar-refractivity contribution is 0.167. The molecular weight excluding hydrogens is 286 g/mol. The van der Waals surface area contributed by atoms with Crippen LogP contribution in [0.4, 0.5) is 4.79 Å². The summed E-state index contributed by atoms with van der Waals surface area (Å²) in [7, 11) is 0.108. The predicted octanol–water partition coefficient (Wildman–Crippen LogP) is 2.89. The van der Waals surface area contributed by atoms with Crippen LogP contribution >= 0.6 is 0 Å². The van der Waals surface area contributed by atoms with Crippen LogP contribution in [0.5, 0.6) is 0 Å². The van der Waals surface area contributed by atoms with Crippen molar-refractivity contribution in [1.82, 2.24) is 5.32 Å². The highest BCUT2D eigenvalue weighted by Gasteiger charge is 2.18. The van der Waals surface area contributed by atoms with Gasteiger partial charge in [-0.2, -0.15) is 0 Å². The molecule has 0 aliphatic heterocycles. The summed E-state index contributed by atoms with van der Waals surface area (Å²) in [4.78, 5) is 12.2. The van der Waals surface area contributed by atoms with Gasteiger partial charge in [0.25, 0.3) is 0 Å². The van der Waals surface area contributed by atoms with Gasteiger partial charge in [0.1, 0.15) is 0 Å². The van der Waals surface area contributed by atoms with Crippen molar-refractivity contribution in [3.05, 3.63) is 66.2 Å². The van der Waals surface area contributed by atoms with E-state index in [0.29, 0.717) is 5.75 Å². The summed E-state index contributed by atoms with van der Waals surface area (Å²) in [6.07, 6.45) is -0.533. The molecule has 0 saturated heterocycles. The van der Waals surface area contributed by atoms with Crippen LogP contribution in [0.1, 0.15) is 11.6 Å². The first kappa shape index (κ1) is 15.3. The van der Waals surface area contributed by atoms with E-state index in [1.54, 1.807) is 0 Å². The van der Waals surface area contributed by atoms with Crippen molar-refractivity contribution in [3.8, 4) is 0 Å². The summed E-state index contributed by atoms with van der Waals surface area (Å²) in [6.45, 7) is 0. The number of amides is 1. The molecule has 4 nitrogen and oxygen atoms in total. The van der Waals surface area contributed by atoms with Gasteiger partial charge in [-0.05, 0) is 17.7 Å². The summed E-state index contributed by atoms with van der Waals surface area (Å²) in [5.74, 6) is 0.295. The first-order valence-corrected chi connectivity index (χ1v) is 7.85. The Morgan fingerprint density at radius 3 is 2.24 bits per heavy atom. The third kappa shape index (κ3) is 4.43. The molecule has 2 rings (SSSR count). The van der Waals surface area contributed by atoms with Crippen molar-refractivity contribution in [2.45, 2.75) is 10.9 Å². The predicted molar refractivity (Wildman–Crippen MR) is 82.4 cm³/mol. The average Bonchev–Trinajstić information content (AvgIpc) is 2.55. The standard InChI is InChI=1S/C16H17NO3S/c1-20-16(18)17-15(13-8-4-2-5-9-13)12-21(19)14-10-6-3-7-11-14/h2-11,15H,12H2,1H3,(H,17,18)/t15-,21?/m0/s1. The molecule has 0 aromatic heterocycles. The minimum atomic E-state index is -1.20. The third-order valence-corrected chi connectivity index (χ3v) is 4.44. The number of ether oxygens (including phenoxy) is 1. The number of hydrogen-bond acceptors (Lipinski definition) is 3. The van der Waals surface area contributed by atoms with Crippen molar-refractivity contribution in [3.63, 3.8) is 0 Å². The van der Waals surface area contributed by atoms with Crippen molar-refractivity contribution < 1.29 is 13.7 Å². The zero-order chi connectivity index (χ0) is 15.1. The first-order valence-electron chi connectivity index (χ1n) is 6.53. The lowest BCUT2D eigenvalue weighted by Gasteiger charge is -2.18. The van der Waals surface area contributed by atoms with E-state index in [-0.39, 0.29) is 6.04 Å². The largest absolute Gasteiger partial charge is 0.453 e. The summed E-state index contributed by atoms with van der Waals surface area (Å²) >= 11 is 0. The molecule has 0 bridgehead atoms. The fraction of sp³-hybridized carbons (Fsp3) is 0.188. The second kappa shape index (κ2) is 7.59. The number of hydrogen-bond donors (Lipinski definition) is 1. The first-order chi connectivity index (χ1) is 10.2. The van der Waals surface area contributed by atoms with Crippen LogP contribution < -0.4 is 5.32 Å². The smallest absolute Gasteiger partial charge is 0.407 e. The molecule has 21 heavy (non-hydrogen) atoms. The maximum Gasteiger partial charge on any atom is 0.407 e. The highest BCUT2D eigenvalue weighted by molar-refractivity contribution is 7.85. The molecule has 110 valence electrons. The molecule has 0 spiro atoms. The minimum Gasteiger partial charge on any atom is -0.453 e. The van der Waals surface area contributed by atoms with Crippen LogP contribution in [0.15, 0.2) is 65.6 Å². The summed E-state index contributed by atoms with van der Waals surface area (Å²) < 4.78 is 17.1. The molecule has 0 fully saturated rings. The normalized spacial score (nSPS) is 13.2. The number of benzene rings is 2. The summed E-state index contributed by atoms with van der Waals surface area (Å²) in [5, 5.41) is 2.73. The highest BCUT2D eigenvalue weighted by atomic mass is 32.2. The van der Waals surface area contributed by atoms with Crippen LogP contribution in [-0.2, 0) is 15.5 Å². The van der Waals surface area contributed by atoms with Crippen LogP contribution in [0, 0.1) is 0 Å². The van der Waals surface area contributed by atoms with Gasteiger partial charge in [0.15, 0.2) is 0 Å². The molecule has 2 aromatic rings. The Morgan fingerprint density at radius 2 is 1.67 bits per heavy atom. The Hall–Kier alpha value is -2.14. The molecule has 1 amide bonds. The van der Waals surface area contributed by atoms with E-state index in [0.717, 1.165) is 10.5 Å². The second-order valence-electron chi connectivity index (χ2n) is 4.42. The Morgan fingerprint density at radius 1 is 1.10 bits per heavy atom. The van der Waals surface area contributed by atoms with Crippen molar-refractivity contribution >= 4 is 16.9 Å². The van der Waals surface area contributed by atoms with Gasteiger partial charge in [-0.15, -0.1) is 0 Å². The van der Waals surface area contributed by atoms with Crippen molar-refractivity contribution in [2.75, 3.05) is 12.9 Å². The Bertz CT molecular complexity index is 601. The molecule has 2 aromatic carbocycles. The molecule has 5 heteroatoms. The van der Waals surface area contributed by atoms with Gasteiger partial charge in [0.2, 0.25) is 0 Å². The fourth-order valence-corrected chi connectivity index (χ4v) is 3.16.